The Kier molecular flexibility index (Phi) is 6.18. The topological polar surface area (TPSA) is 60.9 Å². The van der Waals surface area contributed by atoms with Crippen molar-refractivity contribution in [3.8, 4) is 11.4 Å². The first kappa shape index (κ1) is 19.9. The van der Waals surface area contributed by atoms with Gasteiger partial charge in [0, 0.05) is 20.6 Å². The van der Waals surface area contributed by atoms with Crippen LogP contribution in [0.4, 0.5) is 0 Å². The Bertz CT molecular complexity index is 1110. The van der Waals surface area contributed by atoms with E-state index in [9.17, 15) is 4.79 Å². The average molecular weight is 489 g/mol. The van der Waals surface area contributed by atoms with Crippen molar-refractivity contribution in [2.24, 2.45) is 0 Å². The van der Waals surface area contributed by atoms with E-state index < -0.39 is 0 Å². The molecule has 0 unspecified atom stereocenters. The summed E-state index contributed by atoms with van der Waals surface area (Å²) >= 11 is 10.7. The SMILES string of the molecule is O=C(CSc1nnc(-c2ccc(Cl)cc2)n1Cc1ccco1)c1ccc(Br)cc1. The monoisotopic (exact) mass is 487 g/mol. The van der Waals surface area contributed by atoms with E-state index in [0.29, 0.717) is 28.1 Å². The number of furan rings is 1. The van der Waals surface area contributed by atoms with Crippen LogP contribution in [-0.4, -0.2) is 26.3 Å². The molecule has 0 saturated heterocycles. The van der Waals surface area contributed by atoms with Gasteiger partial charge in [0.05, 0.1) is 18.6 Å². The van der Waals surface area contributed by atoms with Gasteiger partial charge in [-0.3, -0.25) is 9.36 Å². The van der Waals surface area contributed by atoms with E-state index in [1.165, 1.54) is 11.8 Å². The van der Waals surface area contributed by atoms with Gasteiger partial charge in [0.15, 0.2) is 16.8 Å². The van der Waals surface area contributed by atoms with Gasteiger partial charge in [-0.2, -0.15) is 0 Å². The number of thioether (sulfide) groups is 1. The van der Waals surface area contributed by atoms with Crippen LogP contribution in [0.25, 0.3) is 11.4 Å². The van der Waals surface area contributed by atoms with Crippen molar-refractivity contribution in [3.63, 3.8) is 0 Å². The number of aromatic nitrogens is 3. The summed E-state index contributed by atoms with van der Waals surface area (Å²) in [5, 5.41) is 9.97. The molecule has 0 saturated carbocycles. The van der Waals surface area contributed by atoms with Crippen molar-refractivity contribution in [2.75, 3.05) is 5.75 Å². The Morgan fingerprint density at radius 1 is 1.07 bits per heavy atom. The predicted octanol–water partition coefficient (Wildman–Crippen LogP) is 5.98. The van der Waals surface area contributed by atoms with E-state index in [2.05, 4.69) is 26.1 Å². The molecule has 29 heavy (non-hydrogen) atoms. The molecule has 2 aromatic heterocycles. The Balaban J connectivity index is 1.59. The molecule has 146 valence electrons. The summed E-state index contributed by atoms with van der Waals surface area (Å²) in [6.07, 6.45) is 1.63. The molecule has 4 aromatic rings. The molecule has 0 aliphatic heterocycles. The summed E-state index contributed by atoms with van der Waals surface area (Å²) in [6.45, 7) is 0.465. The van der Waals surface area contributed by atoms with Gasteiger partial charge in [0.25, 0.3) is 0 Å². The van der Waals surface area contributed by atoms with Gasteiger partial charge in [-0.1, -0.05) is 51.4 Å². The molecule has 0 fully saturated rings. The lowest BCUT2D eigenvalue weighted by molar-refractivity contribution is 0.102. The zero-order valence-corrected chi connectivity index (χ0v) is 18.2. The smallest absolute Gasteiger partial charge is 0.192 e. The summed E-state index contributed by atoms with van der Waals surface area (Å²) in [5.41, 5.74) is 1.55. The van der Waals surface area contributed by atoms with Gasteiger partial charge < -0.3 is 4.42 Å². The minimum atomic E-state index is 0.0306. The highest BCUT2D eigenvalue weighted by atomic mass is 79.9. The fourth-order valence-electron chi connectivity index (χ4n) is 2.76. The number of carbonyl (C=O) groups excluding carboxylic acids is 1. The van der Waals surface area contributed by atoms with Gasteiger partial charge in [-0.05, 0) is 48.5 Å². The normalized spacial score (nSPS) is 11.0. The molecule has 0 aliphatic carbocycles. The molecule has 0 amide bonds. The van der Waals surface area contributed by atoms with Crippen molar-refractivity contribution in [3.05, 3.63) is 87.7 Å². The van der Waals surface area contributed by atoms with Crippen molar-refractivity contribution in [1.82, 2.24) is 14.8 Å². The molecular formula is C21H15BrClN3O2S. The van der Waals surface area contributed by atoms with Crippen LogP contribution in [0.1, 0.15) is 16.1 Å². The number of carbonyl (C=O) groups is 1. The molecule has 0 aliphatic rings. The van der Waals surface area contributed by atoms with Gasteiger partial charge >= 0.3 is 0 Å². The second kappa shape index (κ2) is 8.98. The van der Waals surface area contributed by atoms with Gasteiger partial charge in [-0.15, -0.1) is 10.2 Å². The number of benzene rings is 2. The first-order valence-corrected chi connectivity index (χ1v) is 10.9. The Morgan fingerprint density at radius 2 is 1.83 bits per heavy atom. The summed E-state index contributed by atoms with van der Waals surface area (Å²) in [5.74, 6) is 1.76. The third-order valence-corrected chi connectivity index (χ3v) is 5.96. The van der Waals surface area contributed by atoms with Crippen molar-refractivity contribution >= 4 is 45.1 Å². The van der Waals surface area contributed by atoms with Crippen LogP contribution < -0.4 is 0 Å². The number of ketones is 1. The van der Waals surface area contributed by atoms with Gasteiger partial charge in [0.1, 0.15) is 5.76 Å². The number of hydrogen-bond donors (Lipinski definition) is 0. The summed E-state index contributed by atoms with van der Waals surface area (Å²) in [6, 6.07) is 18.5. The third kappa shape index (κ3) is 4.80. The lowest BCUT2D eigenvalue weighted by Crippen LogP contribution is -2.06. The molecular weight excluding hydrogens is 474 g/mol. The second-order valence-corrected chi connectivity index (χ2v) is 8.49. The zero-order chi connectivity index (χ0) is 20.2. The van der Waals surface area contributed by atoms with Crippen LogP contribution in [0.2, 0.25) is 5.02 Å². The lowest BCUT2D eigenvalue weighted by Gasteiger charge is -2.09. The van der Waals surface area contributed by atoms with Crippen LogP contribution in [0.3, 0.4) is 0 Å². The maximum Gasteiger partial charge on any atom is 0.192 e. The van der Waals surface area contributed by atoms with Crippen LogP contribution in [0.15, 0.2) is 81.0 Å². The van der Waals surface area contributed by atoms with Crippen molar-refractivity contribution in [2.45, 2.75) is 11.7 Å². The first-order valence-electron chi connectivity index (χ1n) is 8.73. The van der Waals surface area contributed by atoms with Crippen molar-refractivity contribution < 1.29 is 9.21 Å². The number of rotatable bonds is 7. The number of hydrogen-bond acceptors (Lipinski definition) is 5. The maximum absolute atomic E-state index is 12.5. The van der Waals surface area contributed by atoms with Crippen LogP contribution in [0.5, 0.6) is 0 Å². The van der Waals surface area contributed by atoms with E-state index in [0.717, 1.165) is 15.8 Å². The summed E-state index contributed by atoms with van der Waals surface area (Å²) < 4.78 is 8.38. The zero-order valence-electron chi connectivity index (χ0n) is 15.1. The van der Waals surface area contributed by atoms with E-state index in [-0.39, 0.29) is 11.5 Å². The minimum Gasteiger partial charge on any atom is -0.467 e. The lowest BCUT2D eigenvalue weighted by atomic mass is 10.2. The molecule has 2 heterocycles. The molecule has 8 heteroatoms. The highest BCUT2D eigenvalue weighted by Crippen LogP contribution is 2.27. The number of halogens is 2. The Morgan fingerprint density at radius 3 is 2.52 bits per heavy atom. The van der Waals surface area contributed by atoms with Gasteiger partial charge in [0.2, 0.25) is 0 Å². The Labute approximate surface area is 185 Å². The van der Waals surface area contributed by atoms with Gasteiger partial charge in [-0.25, -0.2) is 0 Å². The fraction of sp³-hybridized carbons (Fsp3) is 0.0952. The molecule has 0 spiro atoms. The van der Waals surface area contributed by atoms with Crippen LogP contribution in [0, 0.1) is 0 Å². The minimum absolute atomic E-state index is 0.0306. The van der Waals surface area contributed by atoms with Crippen LogP contribution in [-0.2, 0) is 6.54 Å². The molecule has 2 aromatic carbocycles. The second-order valence-electron chi connectivity index (χ2n) is 6.20. The van der Waals surface area contributed by atoms with Crippen LogP contribution >= 0.6 is 39.3 Å². The fourth-order valence-corrected chi connectivity index (χ4v) is 3.98. The van der Waals surface area contributed by atoms with E-state index in [4.69, 9.17) is 16.0 Å². The Hall–Kier alpha value is -2.35. The highest BCUT2D eigenvalue weighted by Gasteiger charge is 2.17. The summed E-state index contributed by atoms with van der Waals surface area (Å²) in [7, 11) is 0. The van der Waals surface area contributed by atoms with E-state index in [1.807, 2.05) is 53.1 Å². The van der Waals surface area contributed by atoms with E-state index in [1.54, 1.807) is 18.4 Å². The molecule has 0 N–H and O–H groups in total. The predicted molar refractivity (Wildman–Crippen MR) is 117 cm³/mol. The summed E-state index contributed by atoms with van der Waals surface area (Å²) in [4.78, 5) is 12.5. The maximum atomic E-state index is 12.5. The number of Topliss-reactive ketones (excluding diaryl/α,β-unsaturated/α-hetero) is 1. The first-order chi connectivity index (χ1) is 14.1. The standard InChI is InChI=1S/C21H15BrClN3O2S/c22-16-7-3-14(4-8-16)19(27)13-29-21-25-24-20(15-5-9-17(23)10-6-15)26(21)12-18-2-1-11-28-18/h1-11H,12-13H2. The molecule has 0 atom stereocenters. The molecule has 0 radical (unpaired) electrons. The van der Waals surface area contributed by atoms with Crippen molar-refractivity contribution in [1.29, 1.82) is 0 Å². The molecule has 5 nitrogen and oxygen atoms in total. The molecule has 0 bridgehead atoms. The largest absolute Gasteiger partial charge is 0.467 e. The average Bonchev–Trinajstić information content (AvgIpc) is 3.38. The number of nitrogens with zero attached hydrogens (tertiary/aromatic N) is 3. The highest BCUT2D eigenvalue weighted by molar-refractivity contribution is 9.10. The third-order valence-electron chi connectivity index (χ3n) is 4.21. The molecule has 4 rings (SSSR count). The van der Waals surface area contributed by atoms with E-state index >= 15 is 0 Å². The quantitative estimate of drug-likeness (QED) is 0.237.